The van der Waals surface area contributed by atoms with Crippen LogP contribution in [0.3, 0.4) is 0 Å². The number of hydrogen-bond acceptors (Lipinski definition) is 4. The van der Waals surface area contributed by atoms with Crippen molar-refractivity contribution in [2.75, 3.05) is 12.3 Å². The van der Waals surface area contributed by atoms with Gasteiger partial charge in [-0.25, -0.2) is 0 Å². The van der Waals surface area contributed by atoms with Crippen molar-refractivity contribution in [3.05, 3.63) is 82.4 Å². The smallest absolute Gasteiger partial charge is 0.130 e. The van der Waals surface area contributed by atoms with Gasteiger partial charge < -0.3 is 20.7 Å². The van der Waals surface area contributed by atoms with Crippen LogP contribution in [-0.2, 0) is 0 Å². The van der Waals surface area contributed by atoms with Gasteiger partial charge in [-0.3, -0.25) is 0 Å². The van der Waals surface area contributed by atoms with E-state index in [1.807, 2.05) is 24.3 Å². The predicted octanol–water partition coefficient (Wildman–Crippen LogP) is 4.60. The fourth-order valence-electron chi connectivity index (χ4n) is 3.89. The lowest BCUT2D eigenvalue weighted by atomic mass is 9.75. The monoisotopic (exact) mass is 361 g/mol. The van der Waals surface area contributed by atoms with Gasteiger partial charge >= 0.3 is 0 Å². The van der Waals surface area contributed by atoms with Crippen LogP contribution in [0.4, 0.5) is 5.69 Å². The number of nitrogens with two attached hydrogens (primary N) is 1. The van der Waals surface area contributed by atoms with Gasteiger partial charge in [0.05, 0.1) is 6.61 Å². The SMILES string of the molecule is Cc1ccc(C2COc3cc(O)cc(O)c3C2c2ccc(N)cc2)cc1C. The summed E-state index contributed by atoms with van der Waals surface area (Å²) in [5.41, 5.74) is 12.0. The molecule has 2 atom stereocenters. The summed E-state index contributed by atoms with van der Waals surface area (Å²) in [6.45, 7) is 4.66. The molecule has 1 heterocycles. The van der Waals surface area contributed by atoms with Gasteiger partial charge in [-0.2, -0.15) is 0 Å². The quantitative estimate of drug-likeness (QED) is 0.583. The number of phenolic OH excluding ortho intramolecular Hbond substituents is 2. The normalized spacial score (nSPS) is 18.6. The first-order chi connectivity index (χ1) is 12.9. The average Bonchev–Trinajstić information content (AvgIpc) is 2.64. The maximum Gasteiger partial charge on any atom is 0.130 e. The van der Waals surface area contributed by atoms with Crippen molar-refractivity contribution >= 4 is 5.69 Å². The van der Waals surface area contributed by atoms with E-state index in [9.17, 15) is 10.2 Å². The molecule has 3 aromatic rings. The molecule has 138 valence electrons. The molecule has 4 N–H and O–H groups in total. The molecule has 0 saturated heterocycles. The molecule has 1 aliphatic rings. The second kappa shape index (κ2) is 6.54. The van der Waals surface area contributed by atoms with Gasteiger partial charge in [0.25, 0.3) is 0 Å². The Balaban J connectivity index is 1.90. The summed E-state index contributed by atoms with van der Waals surface area (Å²) >= 11 is 0. The Hall–Kier alpha value is -3.14. The van der Waals surface area contributed by atoms with E-state index in [0.717, 1.165) is 11.1 Å². The molecule has 0 radical (unpaired) electrons. The lowest BCUT2D eigenvalue weighted by Crippen LogP contribution is -2.25. The number of aromatic hydroxyl groups is 2. The molecule has 0 bridgehead atoms. The number of benzene rings is 3. The molecule has 2 unspecified atom stereocenters. The van der Waals surface area contributed by atoms with E-state index < -0.39 is 0 Å². The number of phenols is 2. The zero-order chi connectivity index (χ0) is 19.1. The zero-order valence-electron chi connectivity index (χ0n) is 15.4. The minimum absolute atomic E-state index is 0.00747. The first kappa shape index (κ1) is 17.3. The Morgan fingerprint density at radius 2 is 1.59 bits per heavy atom. The molecule has 4 nitrogen and oxygen atoms in total. The van der Waals surface area contributed by atoms with Crippen molar-refractivity contribution in [2.24, 2.45) is 0 Å². The molecule has 0 spiro atoms. The molecule has 27 heavy (non-hydrogen) atoms. The van der Waals surface area contributed by atoms with Crippen LogP contribution in [-0.4, -0.2) is 16.8 Å². The summed E-state index contributed by atoms with van der Waals surface area (Å²) in [5, 5.41) is 20.5. The van der Waals surface area contributed by atoms with E-state index in [0.29, 0.717) is 23.6 Å². The Morgan fingerprint density at radius 1 is 0.889 bits per heavy atom. The van der Waals surface area contributed by atoms with Crippen LogP contribution in [0.2, 0.25) is 0 Å². The summed E-state index contributed by atoms with van der Waals surface area (Å²) in [5.74, 6) is 0.495. The molecule has 0 aliphatic carbocycles. The Kier molecular flexibility index (Phi) is 4.19. The summed E-state index contributed by atoms with van der Waals surface area (Å²) in [6.07, 6.45) is 0. The fourth-order valence-corrected chi connectivity index (χ4v) is 3.89. The van der Waals surface area contributed by atoms with E-state index in [2.05, 4.69) is 32.0 Å². The molecule has 0 amide bonds. The lowest BCUT2D eigenvalue weighted by Gasteiger charge is -2.35. The number of rotatable bonds is 2. The van der Waals surface area contributed by atoms with Crippen LogP contribution in [0.25, 0.3) is 0 Å². The first-order valence-electron chi connectivity index (χ1n) is 9.05. The van der Waals surface area contributed by atoms with Gasteiger partial charge in [-0.15, -0.1) is 0 Å². The zero-order valence-corrected chi connectivity index (χ0v) is 15.4. The molecule has 4 rings (SSSR count). The predicted molar refractivity (Wildman–Crippen MR) is 107 cm³/mol. The number of nitrogen functional groups attached to an aromatic ring is 1. The molecular formula is C23H23NO3. The van der Waals surface area contributed by atoms with E-state index in [-0.39, 0.29) is 23.3 Å². The van der Waals surface area contributed by atoms with Crippen molar-refractivity contribution in [1.82, 2.24) is 0 Å². The molecule has 3 aromatic carbocycles. The van der Waals surface area contributed by atoms with Crippen LogP contribution >= 0.6 is 0 Å². The van der Waals surface area contributed by atoms with Gasteiger partial charge in [-0.05, 0) is 48.2 Å². The highest BCUT2D eigenvalue weighted by Crippen LogP contribution is 2.50. The number of anilines is 1. The van der Waals surface area contributed by atoms with Crippen molar-refractivity contribution in [1.29, 1.82) is 0 Å². The fraction of sp³-hybridized carbons (Fsp3) is 0.217. The van der Waals surface area contributed by atoms with Gasteiger partial charge in [0.15, 0.2) is 0 Å². The summed E-state index contributed by atoms with van der Waals surface area (Å²) in [7, 11) is 0. The summed E-state index contributed by atoms with van der Waals surface area (Å²) < 4.78 is 5.95. The Morgan fingerprint density at radius 3 is 2.30 bits per heavy atom. The third-order valence-corrected chi connectivity index (χ3v) is 5.49. The van der Waals surface area contributed by atoms with Gasteiger partial charge in [0, 0.05) is 35.2 Å². The summed E-state index contributed by atoms with van der Waals surface area (Å²) in [4.78, 5) is 0. The summed E-state index contributed by atoms with van der Waals surface area (Å²) in [6, 6.07) is 17.1. The highest BCUT2D eigenvalue weighted by molar-refractivity contribution is 5.58. The number of hydrogen-bond donors (Lipinski definition) is 3. The second-order valence-electron chi connectivity index (χ2n) is 7.28. The topological polar surface area (TPSA) is 75.7 Å². The van der Waals surface area contributed by atoms with Crippen LogP contribution in [0, 0.1) is 13.8 Å². The Bertz CT molecular complexity index is 995. The minimum atomic E-state index is -0.0999. The first-order valence-corrected chi connectivity index (χ1v) is 9.05. The third kappa shape index (κ3) is 3.08. The second-order valence-corrected chi connectivity index (χ2v) is 7.28. The van der Waals surface area contributed by atoms with Crippen molar-refractivity contribution in [3.63, 3.8) is 0 Å². The van der Waals surface area contributed by atoms with Crippen LogP contribution in [0.5, 0.6) is 17.2 Å². The highest BCUT2D eigenvalue weighted by atomic mass is 16.5. The molecular weight excluding hydrogens is 338 g/mol. The Labute approximate surface area is 158 Å². The van der Waals surface area contributed by atoms with Crippen molar-refractivity contribution in [3.8, 4) is 17.2 Å². The van der Waals surface area contributed by atoms with Gasteiger partial charge in [0.2, 0.25) is 0 Å². The van der Waals surface area contributed by atoms with E-state index >= 15 is 0 Å². The van der Waals surface area contributed by atoms with Crippen LogP contribution in [0.15, 0.2) is 54.6 Å². The third-order valence-electron chi connectivity index (χ3n) is 5.49. The molecule has 0 fully saturated rings. The average molecular weight is 361 g/mol. The van der Waals surface area contributed by atoms with Gasteiger partial charge in [-0.1, -0.05) is 30.3 Å². The molecule has 0 saturated carbocycles. The van der Waals surface area contributed by atoms with Crippen molar-refractivity contribution < 1.29 is 14.9 Å². The minimum Gasteiger partial charge on any atom is -0.508 e. The largest absolute Gasteiger partial charge is 0.508 e. The van der Waals surface area contributed by atoms with Crippen molar-refractivity contribution in [2.45, 2.75) is 25.7 Å². The lowest BCUT2D eigenvalue weighted by molar-refractivity contribution is 0.243. The standard InChI is InChI=1S/C23H23NO3/c1-13-3-4-16(9-14(13)2)19-12-27-21-11-18(25)10-20(26)23(21)22(19)15-5-7-17(24)8-6-15/h3-11,19,22,25-26H,12,24H2,1-2H3. The van der Waals surface area contributed by atoms with E-state index in [4.69, 9.17) is 10.5 Å². The molecule has 1 aliphatic heterocycles. The highest BCUT2D eigenvalue weighted by Gasteiger charge is 2.36. The van der Waals surface area contributed by atoms with Gasteiger partial charge in [0.1, 0.15) is 17.2 Å². The maximum atomic E-state index is 10.6. The molecule has 0 aromatic heterocycles. The van der Waals surface area contributed by atoms with Crippen LogP contribution < -0.4 is 10.5 Å². The maximum absolute atomic E-state index is 10.6. The number of aryl methyl sites for hydroxylation is 2. The number of ether oxygens (including phenoxy) is 1. The van der Waals surface area contributed by atoms with Crippen LogP contribution in [0.1, 0.15) is 39.7 Å². The van der Waals surface area contributed by atoms with E-state index in [1.54, 1.807) is 6.07 Å². The van der Waals surface area contributed by atoms with E-state index in [1.165, 1.54) is 17.2 Å². The molecule has 4 heteroatoms. The number of fused-ring (bicyclic) bond motifs is 1.